The van der Waals surface area contributed by atoms with Crippen LogP contribution in [0.3, 0.4) is 0 Å². The number of carbonyl (C=O) groups excluding carboxylic acids is 2. The fourth-order valence-corrected chi connectivity index (χ4v) is 3.06. The third kappa shape index (κ3) is 5.58. The van der Waals surface area contributed by atoms with Crippen LogP contribution >= 0.6 is 0 Å². The SMILES string of the molecule is CCOC(=O)C(F)(CC1CCCCCCCC1)C(=O)OCC. The van der Waals surface area contributed by atoms with Gasteiger partial charge in [0.15, 0.2) is 0 Å². The quantitative estimate of drug-likeness (QED) is 0.550. The number of alkyl halides is 1. The summed E-state index contributed by atoms with van der Waals surface area (Å²) in [5.74, 6) is -2.18. The maximum atomic E-state index is 15.1. The molecule has 0 unspecified atom stereocenters. The molecule has 1 aliphatic carbocycles. The molecule has 0 saturated heterocycles. The number of carbonyl (C=O) groups is 2. The highest BCUT2D eigenvalue weighted by Crippen LogP contribution is 2.32. The molecule has 0 spiro atoms. The highest BCUT2D eigenvalue weighted by atomic mass is 19.1. The van der Waals surface area contributed by atoms with Gasteiger partial charge in [-0.1, -0.05) is 51.4 Å². The first kappa shape index (κ1) is 18.9. The van der Waals surface area contributed by atoms with Crippen LogP contribution in [0.4, 0.5) is 4.39 Å². The number of esters is 2. The van der Waals surface area contributed by atoms with Gasteiger partial charge in [0.05, 0.1) is 13.2 Å². The van der Waals surface area contributed by atoms with Crippen molar-refractivity contribution in [3.8, 4) is 0 Å². The van der Waals surface area contributed by atoms with E-state index < -0.39 is 17.6 Å². The Labute approximate surface area is 132 Å². The molecule has 0 aromatic rings. The van der Waals surface area contributed by atoms with Gasteiger partial charge >= 0.3 is 17.6 Å². The second kappa shape index (κ2) is 9.80. The van der Waals surface area contributed by atoms with Crippen molar-refractivity contribution in [3.63, 3.8) is 0 Å². The van der Waals surface area contributed by atoms with Crippen LogP contribution in [0.15, 0.2) is 0 Å². The molecule has 1 rings (SSSR count). The maximum absolute atomic E-state index is 15.1. The second-order valence-electron chi connectivity index (χ2n) is 6.01. The van der Waals surface area contributed by atoms with Crippen LogP contribution in [0.25, 0.3) is 0 Å². The van der Waals surface area contributed by atoms with Crippen molar-refractivity contribution in [1.29, 1.82) is 0 Å². The lowest BCUT2D eigenvalue weighted by atomic mass is 9.85. The molecule has 5 heteroatoms. The molecular weight excluding hydrogens is 287 g/mol. The number of hydrogen-bond acceptors (Lipinski definition) is 4. The number of ether oxygens (including phenoxy) is 2. The summed E-state index contributed by atoms with van der Waals surface area (Å²) in [5.41, 5.74) is -2.66. The average molecular weight is 316 g/mol. The minimum absolute atomic E-state index is 0.0249. The smallest absolute Gasteiger partial charge is 0.355 e. The molecule has 4 nitrogen and oxygen atoms in total. The molecular formula is C17H29FO4. The Bertz CT molecular complexity index is 329. The van der Waals surface area contributed by atoms with Gasteiger partial charge in [-0.2, -0.15) is 0 Å². The molecule has 0 atom stereocenters. The van der Waals surface area contributed by atoms with E-state index in [2.05, 4.69) is 0 Å². The van der Waals surface area contributed by atoms with Crippen LogP contribution in [-0.2, 0) is 19.1 Å². The zero-order valence-corrected chi connectivity index (χ0v) is 13.9. The third-order valence-electron chi connectivity index (χ3n) is 4.24. The Morgan fingerprint density at radius 2 is 1.32 bits per heavy atom. The van der Waals surface area contributed by atoms with E-state index in [1.165, 1.54) is 12.8 Å². The van der Waals surface area contributed by atoms with Gasteiger partial charge in [0, 0.05) is 6.42 Å². The summed E-state index contributed by atoms with van der Waals surface area (Å²) in [4.78, 5) is 24.0. The molecule has 1 aliphatic rings. The average Bonchev–Trinajstić information content (AvgIpc) is 2.61. The van der Waals surface area contributed by atoms with Crippen molar-refractivity contribution in [2.24, 2.45) is 5.92 Å². The van der Waals surface area contributed by atoms with Gasteiger partial charge in [0.25, 0.3) is 0 Å². The Balaban J connectivity index is 2.80. The van der Waals surface area contributed by atoms with Crippen LogP contribution in [-0.4, -0.2) is 30.8 Å². The van der Waals surface area contributed by atoms with E-state index in [0.29, 0.717) is 0 Å². The Morgan fingerprint density at radius 1 is 0.909 bits per heavy atom. The van der Waals surface area contributed by atoms with Crippen molar-refractivity contribution in [2.75, 3.05) is 13.2 Å². The van der Waals surface area contributed by atoms with E-state index in [1.54, 1.807) is 13.8 Å². The normalized spacial score (nSPS) is 18.0. The lowest BCUT2D eigenvalue weighted by molar-refractivity contribution is -0.176. The fraction of sp³-hybridized carbons (Fsp3) is 0.882. The van der Waals surface area contributed by atoms with Gasteiger partial charge in [0.2, 0.25) is 0 Å². The standard InChI is InChI=1S/C17H29FO4/c1-3-21-15(19)17(18,16(20)22-4-2)13-14-11-9-7-5-6-8-10-12-14/h14H,3-13H2,1-2H3. The summed E-state index contributed by atoms with van der Waals surface area (Å²) >= 11 is 0. The molecule has 0 aliphatic heterocycles. The number of hydrogen-bond donors (Lipinski definition) is 0. The molecule has 1 fully saturated rings. The van der Waals surface area contributed by atoms with Gasteiger partial charge in [-0.25, -0.2) is 14.0 Å². The zero-order valence-electron chi connectivity index (χ0n) is 13.9. The van der Waals surface area contributed by atoms with E-state index in [1.807, 2.05) is 0 Å². The lowest BCUT2D eigenvalue weighted by Gasteiger charge is -2.26. The van der Waals surface area contributed by atoms with Gasteiger partial charge < -0.3 is 9.47 Å². The summed E-state index contributed by atoms with van der Waals surface area (Å²) in [6, 6.07) is 0. The molecule has 0 N–H and O–H groups in total. The maximum Gasteiger partial charge on any atom is 0.355 e. The van der Waals surface area contributed by atoms with E-state index in [4.69, 9.17) is 9.47 Å². The second-order valence-corrected chi connectivity index (χ2v) is 6.01. The van der Waals surface area contributed by atoms with Crippen molar-refractivity contribution in [3.05, 3.63) is 0 Å². The summed E-state index contributed by atoms with van der Waals surface area (Å²) < 4.78 is 24.7. The Morgan fingerprint density at radius 3 is 1.73 bits per heavy atom. The van der Waals surface area contributed by atoms with Gasteiger partial charge in [0.1, 0.15) is 0 Å². The minimum Gasteiger partial charge on any atom is -0.463 e. The summed E-state index contributed by atoms with van der Waals surface area (Å²) in [6.07, 6.45) is 8.31. The molecule has 0 bridgehead atoms. The molecule has 1 saturated carbocycles. The van der Waals surface area contributed by atoms with Crippen molar-refractivity contribution in [2.45, 2.75) is 77.3 Å². The highest BCUT2D eigenvalue weighted by molar-refractivity contribution is 6.03. The van der Waals surface area contributed by atoms with E-state index >= 15 is 4.39 Å². The first-order valence-electron chi connectivity index (χ1n) is 8.58. The van der Waals surface area contributed by atoms with Crippen LogP contribution in [0, 0.1) is 5.92 Å². The Kier molecular flexibility index (Phi) is 8.43. The van der Waals surface area contributed by atoms with Crippen LogP contribution in [0.2, 0.25) is 0 Å². The van der Waals surface area contributed by atoms with Gasteiger partial charge in [-0.3, -0.25) is 0 Å². The third-order valence-corrected chi connectivity index (χ3v) is 4.24. The van der Waals surface area contributed by atoms with E-state index in [0.717, 1.165) is 38.5 Å². The predicted molar refractivity (Wildman–Crippen MR) is 82.1 cm³/mol. The summed E-state index contributed by atoms with van der Waals surface area (Å²) in [6.45, 7) is 3.30. The molecule has 0 aromatic heterocycles. The summed E-state index contributed by atoms with van der Waals surface area (Å²) in [7, 11) is 0. The van der Waals surface area contributed by atoms with Crippen molar-refractivity contribution >= 4 is 11.9 Å². The van der Waals surface area contributed by atoms with Gasteiger partial charge in [-0.15, -0.1) is 0 Å². The molecule has 0 aromatic carbocycles. The molecule has 0 amide bonds. The highest BCUT2D eigenvalue weighted by Gasteiger charge is 2.51. The van der Waals surface area contributed by atoms with Gasteiger partial charge in [-0.05, 0) is 19.8 Å². The van der Waals surface area contributed by atoms with Crippen LogP contribution < -0.4 is 0 Å². The van der Waals surface area contributed by atoms with Crippen LogP contribution in [0.5, 0.6) is 0 Å². The molecule has 0 radical (unpaired) electrons. The summed E-state index contributed by atoms with van der Waals surface area (Å²) in [5, 5.41) is 0. The number of halogens is 1. The van der Waals surface area contributed by atoms with Crippen molar-refractivity contribution in [1.82, 2.24) is 0 Å². The van der Waals surface area contributed by atoms with E-state index in [9.17, 15) is 9.59 Å². The largest absolute Gasteiger partial charge is 0.463 e. The van der Waals surface area contributed by atoms with E-state index in [-0.39, 0.29) is 25.6 Å². The zero-order chi connectivity index (χ0) is 16.4. The predicted octanol–water partition coefficient (Wildman–Crippen LogP) is 3.96. The monoisotopic (exact) mass is 316 g/mol. The van der Waals surface area contributed by atoms with Crippen LogP contribution in [0.1, 0.15) is 71.6 Å². The molecule has 0 heterocycles. The Hall–Kier alpha value is -1.13. The topological polar surface area (TPSA) is 52.6 Å². The fourth-order valence-electron chi connectivity index (χ4n) is 3.06. The molecule has 128 valence electrons. The first-order valence-corrected chi connectivity index (χ1v) is 8.58. The lowest BCUT2D eigenvalue weighted by Crippen LogP contribution is -2.46. The minimum atomic E-state index is -2.66. The van der Waals surface area contributed by atoms with Crippen molar-refractivity contribution < 1.29 is 23.5 Å². The first-order chi connectivity index (χ1) is 10.5. The molecule has 22 heavy (non-hydrogen) atoms. The number of rotatable bonds is 6.